The van der Waals surface area contributed by atoms with E-state index < -0.39 is 6.10 Å². The zero-order valence-corrected chi connectivity index (χ0v) is 19.2. The summed E-state index contributed by atoms with van der Waals surface area (Å²) in [5.74, 6) is -0.182. The number of ketones is 1. The summed E-state index contributed by atoms with van der Waals surface area (Å²) in [6, 6.07) is 4.79. The molecule has 6 nitrogen and oxygen atoms in total. The normalized spacial score (nSPS) is 14.9. The van der Waals surface area contributed by atoms with E-state index in [1.807, 2.05) is 39.8 Å². The quantitative estimate of drug-likeness (QED) is 0.513. The van der Waals surface area contributed by atoms with Gasteiger partial charge in [-0.1, -0.05) is 29.4 Å². The van der Waals surface area contributed by atoms with Crippen molar-refractivity contribution in [2.45, 2.75) is 53.1 Å². The third-order valence-corrected chi connectivity index (χ3v) is 5.54. The van der Waals surface area contributed by atoms with Crippen LogP contribution in [0, 0.1) is 0 Å². The van der Waals surface area contributed by atoms with Crippen molar-refractivity contribution in [3.05, 3.63) is 63.8 Å². The van der Waals surface area contributed by atoms with Crippen LogP contribution in [0.25, 0.3) is 0 Å². The molecule has 0 bridgehead atoms. The summed E-state index contributed by atoms with van der Waals surface area (Å²) in [7, 11) is 1.48. The Kier molecular flexibility index (Phi) is 6.82. The van der Waals surface area contributed by atoms with E-state index in [2.05, 4.69) is 0 Å². The minimum Gasteiger partial charge on any atom is -0.507 e. The molecule has 0 saturated heterocycles. The van der Waals surface area contributed by atoms with Crippen LogP contribution in [0.4, 0.5) is 0 Å². The molecule has 0 amide bonds. The van der Waals surface area contributed by atoms with Crippen molar-refractivity contribution in [3.8, 4) is 28.7 Å². The molecule has 3 N–H and O–H groups in total. The monoisotopic (exact) mass is 438 g/mol. The maximum Gasteiger partial charge on any atom is 0.174 e. The number of phenolic OH excluding ortho intramolecular Hbond substituents is 3. The van der Waals surface area contributed by atoms with Gasteiger partial charge in [0.2, 0.25) is 0 Å². The summed E-state index contributed by atoms with van der Waals surface area (Å²) in [5, 5.41) is 31.9. The first-order chi connectivity index (χ1) is 15.1. The van der Waals surface area contributed by atoms with Crippen molar-refractivity contribution in [1.29, 1.82) is 0 Å². The number of Topliss-reactive ketones (excluding diaryl/α,β-unsaturated/α-hetero) is 1. The van der Waals surface area contributed by atoms with Crippen LogP contribution >= 0.6 is 0 Å². The zero-order chi connectivity index (χ0) is 23.6. The molecule has 1 aliphatic heterocycles. The van der Waals surface area contributed by atoms with Gasteiger partial charge in [-0.2, -0.15) is 0 Å². The molecule has 170 valence electrons. The highest BCUT2D eigenvalue weighted by molar-refractivity contribution is 6.03. The van der Waals surface area contributed by atoms with Crippen molar-refractivity contribution in [1.82, 2.24) is 0 Å². The molecule has 1 atom stereocenters. The van der Waals surface area contributed by atoms with Crippen LogP contribution in [0.1, 0.15) is 67.3 Å². The molecule has 0 aromatic heterocycles. The lowest BCUT2D eigenvalue weighted by Crippen LogP contribution is -2.22. The van der Waals surface area contributed by atoms with Gasteiger partial charge in [-0.3, -0.25) is 4.79 Å². The molecule has 1 aliphatic rings. The van der Waals surface area contributed by atoms with E-state index in [1.54, 1.807) is 12.1 Å². The van der Waals surface area contributed by atoms with Gasteiger partial charge in [0.05, 0.1) is 13.5 Å². The molecule has 3 rings (SSSR count). The minimum atomic E-state index is -0.671. The number of carbonyl (C=O) groups is 1. The molecule has 6 heteroatoms. The molecule has 0 aliphatic carbocycles. The highest BCUT2D eigenvalue weighted by atomic mass is 16.5. The second kappa shape index (κ2) is 9.39. The van der Waals surface area contributed by atoms with E-state index in [9.17, 15) is 20.1 Å². The van der Waals surface area contributed by atoms with E-state index in [0.29, 0.717) is 35.3 Å². The summed E-state index contributed by atoms with van der Waals surface area (Å²) < 4.78 is 11.3. The van der Waals surface area contributed by atoms with Crippen LogP contribution in [-0.4, -0.2) is 28.2 Å². The highest BCUT2D eigenvalue weighted by Crippen LogP contribution is 2.46. The van der Waals surface area contributed by atoms with Crippen LogP contribution in [0.15, 0.2) is 41.5 Å². The largest absolute Gasteiger partial charge is 0.507 e. The van der Waals surface area contributed by atoms with E-state index >= 15 is 0 Å². The van der Waals surface area contributed by atoms with Crippen LogP contribution in [0.2, 0.25) is 0 Å². The van der Waals surface area contributed by atoms with Gasteiger partial charge in [0.1, 0.15) is 28.9 Å². The number of hydrogen-bond acceptors (Lipinski definition) is 6. The standard InChI is InChI=1S/C26H30O6/c1-14(2)6-8-17-16(10-11-21(31-5)25(17)29)22-13-20(28)24-23(32-22)12-19(27)18(26(24)30)9-7-15(3)4/h6-7,10-12,22,27,29-30H,8-9,13H2,1-5H3/t22-/m0/s1. The molecule has 0 saturated carbocycles. The number of hydrogen-bond donors (Lipinski definition) is 3. The fourth-order valence-electron chi connectivity index (χ4n) is 3.80. The molecule has 0 radical (unpaired) electrons. The Morgan fingerprint density at radius 3 is 2.25 bits per heavy atom. The first-order valence-electron chi connectivity index (χ1n) is 10.6. The van der Waals surface area contributed by atoms with E-state index in [-0.39, 0.29) is 40.8 Å². The van der Waals surface area contributed by atoms with Gasteiger partial charge in [0.15, 0.2) is 17.3 Å². The molecule has 2 aromatic carbocycles. The minimum absolute atomic E-state index is 0.00100. The van der Waals surface area contributed by atoms with E-state index in [4.69, 9.17) is 9.47 Å². The first kappa shape index (κ1) is 23.3. The lowest BCUT2D eigenvalue weighted by atomic mass is 9.89. The maximum absolute atomic E-state index is 13.0. The molecule has 0 unspecified atom stereocenters. The van der Waals surface area contributed by atoms with Crippen LogP contribution in [-0.2, 0) is 12.8 Å². The van der Waals surface area contributed by atoms with Gasteiger partial charge in [0, 0.05) is 22.8 Å². The lowest BCUT2D eigenvalue weighted by Gasteiger charge is -2.29. The third kappa shape index (κ3) is 4.59. The molecule has 1 heterocycles. The fraction of sp³-hybridized carbons (Fsp3) is 0.346. The van der Waals surface area contributed by atoms with Crippen molar-refractivity contribution in [2.24, 2.45) is 0 Å². The van der Waals surface area contributed by atoms with E-state index in [0.717, 1.165) is 11.1 Å². The average Bonchev–Trinajstić information content (AvgIpc) is 2.71. The molecule has 2 aromatic rings. The number of fused-ring (bicyclic) bond motifs is 1. The second-order valence-corrected chi connectivity index (χ2v) is 8.49. The molecule has 32 heavy (non-hydrogen) atoms. The van der Waals surface area contributed by atoms with Gasteiger partial charge in [-0.05, 0) is 46.6 Å². The average molecular weight is 439 g/mol. The number of carbonyl (C=O) groups excluding carboxylic acids is 1. The summed E-state index contributed by atoms with van der Waals surface area (Å²) in [5.41, 5.74) is 3.77. The number of phenols is 3. The van der Waals surface area contributed by atoms with Crippen LogP contribution in [0.3, 0.4) is 0 Å². The smallest absolute Gasteiger partial charge is 0.174 e. The maximum atomic E-state index is 13.0. The predicted octanol–water partition coefficient (Wildman–Crippen LogP) is 5.54. The SMILES string of the molecule is COc1ccc([C@@H]2CC(=O)c3c(cc(O)c(CC=C(C)C)c3O)O2)c(CC=C(C)C)c1O. The highest BCUT2D eigenvalue weighted by Gasteiger charge is 2.34. The van der Waals surface area contributed by atoms with Crippen LogP contribution < -0.4 is 9.47 Å². The summed E-state index contributed by atoms with van der Waals surface area (Å²) in [6.07, 6.45) is 3.93. The van der Waals surface area contributed by atoms with Gasteiger partial charge in [-0.15, -0.1) is 0 Å². The second-order valence-electron chi connectivity index (χ2n) is 8.49. The zero-order valence-electron chi connectivity index (χ0n) is 19.2. The Hall–Kier alpha value is -3.41. The number of methoxy groups -OCH3 is 1. The van der Waals surface area contributed by atoms with Crippen molar-refractivity contribution >= 4 is 5.78 Å². The fourth-order valence-corrected chi connectivity index (χ4v) is 3.80. The van der Waals surface area contributed by atoms with Crippen molar-refractivity contribution in [3.63, 3.8) is 0 Å². The molecular formula is C26H30O6. The summed E-state index contributed by atoms with van der Waals surface area (Å²) >= 11 is 0. The van der Waals surface area contributed by atoms with Crippen molar-refractivity contribution in [2.75, 3.05) is 7.11 Å². The Bertz CT molecular complexity index is 1100. The van der Waals surface area contributed by atoms with E-state index in [1.165, 1.54) is 13.2 Å². The topological polar surface area (TPSA) is 96.2 Å². The van der Waals surface area contributed by atoms with Crippen molar-refractivity contribution < 1.29 is 29.6 Å². The van der Waals surface area contributed by atoms with Gasteiger partial charge in [-0.25, -0.2) is 0 Å². The number of rotatable bonds is 6. The summed E-state index contributed by atoms with van der Waals surface area (Å²) in [6.45, 7) is 7.77. The Morgan fingerprint density at radius 1 is 1.03 bits per heavy atom. The molecular weight excluding hydrogens is 408 g/mol. The number of ether oxygens (including phenoxy) is 2. The predicted molar refractivity (Wildman–Crippen MR) is 123 cm³/mol. The number of allylic oxidation sites excluding steroid dienone is 4. The Morgan fingerprint density at radius 2 is 1.66 bits per heavy atom. The van der Waals surface area contributed by atoms with Gasteiger partial charge < -0.3 is 24.8 Å². The third-order valence-electron chi connectivity index (χ3n) is 5.54. The Labute approximate surface area is 188 Å². The number of benzene rings is 2. The van der Waals surface area contributed by atoms with Gasteiger partial charge in [0.25, 0.3) is 0 Å². The first-order valence-corrected chi connectivity index (χ1v) is 10.6. The van der Waals surface area contributed by atoms with Gasteiger partial charge >= 0.3 is 0 Å². The molecule has 0 fully saturated rings. The van der Waals surface area contributed by atoms with Crippen LogP contribution in [0.5, 0.6) is 28.7 Å². The lowest BCUT2D eigenvalue weighted by molar-refractivity contribution is 0.0843. The Balaban J connectivity index is 2.05. The molecule has 0 spiro atoms. The number of aromatic hydroxyl groups is 3. The summed E-state index contributed by atoms with van der Waals surface area (Å²) in [4.78, 5) is 13.0.